The van der Waals surface area contributed by atoms with Gasteiger partial charge in [-0.05, 0) is 27.2 Å². The van der Waals surface area contributed by atoms with E-state index in [9.17, 15) is 0 Å². The summed E-state index contributed by atoms with van der Waals surface area (Å²) in [6.45, 7) is 9.39. The fourth-order valence-electron chi connectivity index (χ4n) is 1.60. The summed E-state index contributed by atoms with van der Waals surface area (Å²) in [5, 5.41) is 3.05. The summed E-state index contributed by atoms with van der Waals surface area (Å²) >= 11 is 0. The van der Waals surface area contributed by atoms with Crippen molar-refractivity contribution < 1.29 is 9.47 Å². The third kappa shape index (κ3) is 6.54. The van der Waals surface area contributed by atoms with Crippen LogP contribution in [0.2, 0.25) is 0 Å². The van der Waals surface area contributed by atoms with E-state index in [1.165, 1.54) is 12.8 Å². The van der Waals surface area contributed by atoms with Crippen LogP contribution >= 0.6 is 0 Å². The topological polar surface area (TPSA) is 69.2 Å². The summed E-state index contributed by atoms with van der Waals surface area (Å²) in [5.74, 6) is 0.488. The van der Waals surface area contributed by atoms with E-state index in [1.807, 2.05) is 20.8 Å². The standard InChI is InChI=1S/C14H26N4O2/c1-5-7-8-9-10-19-13-16-12(15-6-2)17-14(18-13)20-11(3)4/h11H,5-10H2,1-4H3,(H,15,16,17,18). The third-order valence-electron chi connectivity index (χ3n) is 2.50. The quantitative estimate of drug-likeness (QED) is 0.665. The van der Waals surface area contributed by atoms with E-state index in [0.29, 0.717) is 24.6 Å². The zero-order valence-electron chi connectivity index (χ0n) is 13.0. The summed E-state index contributed by atoms with van der Waals surface area (Å²) in [7, 11) is 0. The van der Waals surface area contributed by atoms with Gasteiger partial charge in [0.25, 0.3) is 0 Å². The van der Waals surface area contributed by atoms with Crippen molar-refractivity contribution in [3.8, 4) is 12.0 Å². The van der Waals surface area contributed by atoms with E-state index in [2.05, 4.69) is 27.2 Å². The molecule has 0 aliphatic heterocycles. The second-order valence-corrected chi connectivity index (χ2v) is 4.83. The first-order valence-electron chi connectivity index (χ1n) is 7.45. The predicted molar refractivity (Wildman–Crippen MR) is 79.4 cm³/mol. The molecule has 0 radical (unpaired) electrons. The molecule has 0 saturated carbocycles. The number of hydrogen-bond donors (Lipinski definition) is 1. The van der Waals surface area contributed by atoms with Crippen molar-refractivity contribution in [1.82, 2.24) is 15.0 Å². The van der Waals surface area contributed by atoms with Crippen LogP contribution in [0.3, 0.4) is 0 Å². The Bertz CT molecular complexity index is 385. The fourth-order valence-corrected chi connectivity index (χ4v) is 1.60. The van der Waals surface area contributed by atoms with Crippen molar-refractivity contribution in [2.24, 2.45) is 0 Å². The number of ether oxygens (including phenoxy) is 2. The molecule has 0 bridgehead atoms. The maximum Gasteiger partial charge on any atom is 0.324 e. The van der Waals surface area contributed by atoms with Crippen LogP contribution in [-0.2, 0) is 0 Å². The van der Waals surface area contributed by atoms with E-state index in [0.717, 1.165) is 19.4 Å². The fraction of sp³-hybridized carbons (Fsp3) is 0.786. The summed E-state index contributed by atoms with van der Waals surface area (Å²) in [5.41, 5.74) is 0. The van der Waals surface area contributed by atoms with Gasteiger partial charge in [0.15, 0.2) is 0 Å². The van der Waals surface area contributed by atoms with Crippen molar-refractivity contribution in [1.29, 1.82) is 0 Å². The molecule has 0 aromatic carbocycles. The molecular formula is C14H26N4O2. The van der Waals surface area contributed by atoms with E-state index in [4.69, 9.17) is 9.47 Å². The number of anilines is 1. The molecule has 1 heterocycles. The van der Waals surface area contributed by atoms with Crippen LogP contribution in [0.25, 0.3) is 0 Å². The monoisotopic (exact) mass is 282 g/mol. The molecule has 0 unspecified atom stereocenters. The van der Waals surface area contributed by atoms with Gasteiger partial charge in [-0.1, -0.05) is 26.2 Å². The largest absolute Gasteiger partial charge is 0.463 e. The summed E-state index contributed by atoms with van der Waals surface area (Å²) < 4.78 is 11.1. The molecule has 0 aliphatic carbocycles. The predicted octanol–water partition coefficient (Wildman–Crippen LogP) is 3.05. The Morgan fingerprint density at radius 2 is 1.75 bits per heavy atom. The second kappa shape index (κ2) is 9.34. The molecule has 114 valence electrons. The minimum atomic E-state index is 0.0179. The van der Waals surface area contributed by atoms with Gasteiger partial charge in [0.05, 0.1) is 12.7 Å². The number of unbranched alkanes of at least 4 members (excludes halogenated alkanes) is 3. The van der Waals surface area contributed by atoms with Crippen LogP contribution in [0.5, 0.6) is 12.0 Å². The maximum atomic E-state index is 5.58. The third-order valence-corrected chi connectivity index (χ3v) is 2.50. The maximum absolute atomic E-state index is 5.58. The molecule has 0 fully saturated rings. The molecule has 0 spiro atoms. The average molecular weight is 282 g/mol. The van der Waals surface area contributed by atoms with E-state index < -0.39 is 0 Å². The molecule has 0 saturated heterocycles. The Morgan fingerprint density at radius 3 is 2.40 bits per heavy atom. The van der Waals surface area contributed by atoms with Crippen LogP contribution in [-0.4, -0.2) is 34.2 Å². The van der Waals surface area contributed by atoms with E-state index in [1.54, 1.807) is 0 Å². The molecule has 0 atom stereocenters. The Kier molecular flexibility index (Phi) is 7.69. The van der Waals surface area contributed by atoms with Gasteiger partial charge in [-0.3, -0.25) is 0 Å². The van der Waals surface area contributed by atoms with Crippen LogP contribution in [0.15, 0.2) is 0 Å². The van der Waals surface area contributed by atoms with Crippen LogP contribution < -0.4 is 14.8 Å². The lowest BCUT2D eigenvalue weighted by Gasteiger charge is -2.11. The summed E-state index contributed by atoms with van der Waals surface area (Å²) in [6, 6.07) is 0.623. The van der Waals surface area contributed by atoms with Crippen molar-refractivity contribution in [3.05, 3.63) is 0 Å². The Hall–Kier alpha value is -1.59. The van der Waals surface area contributed by atoms with Gasteiger partial charge in [0.2, 0.25) is 5.95 Å². The highest BCUT2D eigenvalue weighted by molar-refractivity contribution is 5.27. The lowest BCUT2D eigenvalue weighted by Crippen LogP contribution is -2.13. The molecule has 1 rings (SSSR count). The zero-order chi connectivity index (χ0) is 14.8. The van der Waals surface area contributed by atoms with E-state index in [-0.39, 0.29) is 6.10 Å². The molecule has 0 aliphatic rings. The average Bonchev–Trinajstić information content (AvgIpc) is 2.38. The Balaban J connectivity index is 2.60. The van der Waals surface area contributed by atoms with Gasteiger partial charge in [-0.2, -0.15) is 9.97 Å². The molecule has 1 aromatic heterocycles. The van der Waals surface area contributed by atoms with E-state index >= 15 is 0 Å². The highest BCUT2D eigenvalue weighted by Crippen LogP contribution is 2.14. The molecule has 6 heteroatoms. The molecule has 1 aromatic rings. The van der Waals surface area contributed by atoms with Crippen LogP contribution in [0, 0.1) is 0 Å². The van der Waals surface area contributed by atoms with Gasteiger partial charge < -0.3 is 14.8 Å². The van der Waals surface area contributed by atoms with Crippen LogP contribution in [0.4, 0.5) is 5.95 Å². The van der Waals surface area contributed by atoms with Crippen molar-refractivity contribution in [2.75, 3.05) is 18.5 Å². The highest BCUT2D eigenvalue weighted by atomic mass is 16.5. The molecule has 0 amide bonds. The lowest BCUT2D eigenvalue weighted by molar-refractivity contribution is 0.212. The number of hydrogen-bond acceptors (Lipinski definition) is 6. The normalized spacial score (nSPS) is 10.7. The smallest absolute Gasteiger partial charge is 0.324 e. The minimum absolute atomic E-state index is 0.0179. The first-order chi connectivity index (χ1) is 9.65. The van der Waals surface area contributed by atoms with Crippen LogP contribution in [0.1, 0.15) is 53.4 Å². The first kappa shape index (κ1) is 16.5. The SMILES string of the molecule is CCCCCCOc1nc(NCC)nc(OC(C)C)n1. The lowest BCUT2D eigenvalue weighted by atomic mass is 10.2. The zero-order valence-corrected chi connectivity index (χ0v) is 13.0. The molecule has 20 heavy (non-hydrogen) atoms. The number of nitrogens with zero attached hydrogens (tertiary/aromatic N) is 3. The molecular weight excluding hydrogens is 256 g/mol. The molecule has 1 N–H and O–H groups in total. The summed E-state index contributed by atoms with van der Waals surface area (Å²) in [6.07, 6.45) is 4.63. The second-order valence-electron chi connectivity index (χ2n) is 4.83. The number of nitrogens with one attached hydrogen (secondary N) is 1. The van der Waals surface area contributed by atoms with Gasteiger partial charge in [0.1, 0.15) is 0 Å². The first-order valence-corrected chi connectivity index (χ1v) is 7.45. The number of aromatic nitrogens is 3. The Labute approximate surface area is 121 Å². The van der Waals surface area contributed by atoms with Gasteiger partial charge in [-0.15, -0.1) is 4.98 Å². The highest BCUT2D eigenvalue weighted by Gasteiger charge is 2.09. The minimum Gasteiger partial charge on any atom is -0.463 e. The van der Waals surface area contributed by atoms with Crippen molar-refractivity contribution in [3.63, 3.8) is 0 Å². The Morgan fingerprint density at radius 1 is 1.00 bits per heavy atom. The summed E-state index contributed by atoms with van der Waals surface area (Å²) in [4.78, 5) is 12.6. The molecule has 6 nitrogen and oxygen atoms in total. The van der Waals surface area contributed by atoms with Gasteiger partial charge in [0, 0.05) is 6.54 Å². The van der Waals surface area contributed by atoms with Gasteiger partial charge in [-0.25, -0.2) is 0 Å². The number of rotatable bonds is 10. The van der Waals surface area contributed by atoms with Gasteiger partial charge >= 0.3 is 12.0 Å². The van der Waals surface area contributed by atoms with Crippen molar-refractivity contribution in [2.45, 2.75) is 59.5 Å². The van der Waals surface area contributed by atoms with Crippen molar-refractivity contribution >= 4 is 5.95 Å².